The first kappa shape index (κ1) is 15.5. The van der Waals surface area contributed by atoms with Crippen LogP contribution in [-0.2, 0) is 0 Å². The van der Waals surface area contributed by atoms with Gasteiger partial charge in [-0.25, -0.2) is 4.98 Å². The Morgan fingerprint density at radius 1 is 0.880 bits per heavy atom. The highest BCUT2D eigenvalue weighted by atomic mass is 35.5. The van der Waals surface area contributed by atoms with Crippen molar-refractivity contribution < 1.29 is 0 Å². The van der Waals surface area contributed by atoms with Gasteiger partial charge in [-0.1, -0.05) is 60.1 Å². The molecule has 0 fully saturated rings. The zero-order valence-corrected chi connectivity index (χ0v) is 14.4. The first-order chi connectivity index (χ1) is 12.2. The Kier molecular flexibility index (Phi) is 4.04. The number of rotatable bonds is 3. The van der Waals surface area contributed by atoms with Crippen molar-refractivity contribution >= 4 is 28.8 Å². The van der Waals surface area contributed by atoms with Crippen LogP contribution >= 0.6 is 11.6 Å². The van der Waals surface area contributed by atoms with Gasteiger partial charge in [0.2, 0.25) is 0 Å². The molecule has 0 N–H and O–H groups in total. The van der Waals surface area contributed by atoms with Crippen molar-refractivity contribution in [1.29, 1.82) is 0 Å². The lowest BCUT2D eigenvalue weighted by Gasteiger charge is -2.00. The maximum atomic E-state index is 6.19. The summed E-state index contributed by atoms with van der Waals surface area (Å²) < 4.78 is 1.96. The Morgan fingerprint density at radius 3 is 2.44 bits per heavy atom. The van der Waals surface area contributed by atoms with Crippen LogP contribution in [0.25, 0.3) is 16.9 Å². The summed E-state index contributed by atoms with van der Waals surface area (Å²) in [6.45, 7) is 2.03. The molecule has 0 saturated carbocycles. The monoisotopic (exact) mass is 346 g/mol. The second-order valence-electron chi connectivity index (χ2n) is 5.69. The average molecular weight is 347 g/mol. The van der Waals surface area contributed by atoms with Gasteiger partial charge in [0.05, 0.1) is 5.02 Å². The average Bonchev–Trinajstić information content (AvgIpc) is 3.02. The molecule has 0 spiro atoms. The molecule has 2 heterocycles. The molecule has 0 atom stereocenters. The van der Waals surface area contributed by atoms with Crippen molar-refractivity contribution in [1.82, 2.24) is 9.38 Å². The zero-order chi connectivity index (χ0) is 17.2. The van der Waals surface area contributed by atoms with Crippen LogP contribution in [0.5, 0.6) is 0 Å². The van der Waals surface area contributed by atoms with Gasteiger partial charge in [0, 0.05) is 11.8 Å². The fraction of sp³-hybridized carbons (Fsp3) is 0.0500. The summed E-state index contributed by atoms with van der Waals surface area (Å²) in [6.07, 6.45) is 1.95. The van der Waals surface area contributed by atoms with E-state index in [0.29, 0.717) is 16.5 Å². The van der Waals surface area contributed by atoms with Gasteiger partial charge in [-0.15, -0.1) is 10.2 Å². The van der Waals surface area contributed by atoms with Crippen LogP contribution in [0.1, 0.15) is 5.56 Å². The van der Waals surface area contributed by atoms with Crippen LogP contribution in [0.2, 0.25) is 5.02 Å². The highest BCUT2D eigenvalue weighted by Crippen LogP contribution is 2.34. The Bertz CT molecular complexity index is 1070. The molecule has 4 aromatic rings. The molecule has 0 saturated heterocycles. The van der Waals surface area contributed by atoms with Gasteiger partial charge >= 0.3 is 0 Å². The number of imidazole rings is 1. The number of benzene rings is 2. The lowest BCUT2D eigenvalue weighted by atomic mass is 10.1. The van der Waals surface area contributed by atoms with Crippen LogP contribution in [-0.4, -0.2) is 9.38 Å². The van der Waals surface area contributed by atoms with E-state index in [0.717, 1.165) is 22.5 Å². The number of aryl methyl sites for hydroxylation is 1. The van der Waals surface area contributed by atoms with Gasteiger partial charge in [-0.3, -0.25) is 4.40 Å². The molecular formula is C20H15ClN4. The summed E-state index contributed by atoms with van der Waals surface area (Å²) in [5, 5.41) is 9.40. The number of azo groups is 1. The maximum Gasteiger partial charge on any atom is 0.187 e. The van der Waals surface area contributed by atoms with Gasteiger partial charge in [0.15, 0.2) is 5.82 Å². The molecule has 0 bridgehead atoms. The molecule has 0 amide bonds. The van der Waals surface area contributed by atoms with E-state index in [2.05, 4.69) is 10.2 Å². The summed E-state index contributed by atoms with van der Waals surface area (Å²) in [5.41, 5.74) is 4.38. The van der Waals surface area contributed by atoms with E-state index in [1.54, 1.807) is 6.07 Å². The van der Waals surface area contributed by atoms with E-state index in [1.165, 1.54) is 0 Å². The van der Waals surface area contributed by atoms with Gasteiger partial charge in [0.25, 0.3) is 0 Å². The zero-order valence-electron chi connectivity index (χ0n) is 13.6. The molecule has 0 radical (unpaired) electrons. The minimum Gasteiger partial charge on any atom is -0.282 e. The lowest BCUT2D eigenvalue weighted by molar-refractivity contribution is 1.10. The SMILES string of the molecule is Cc1cccn2c(N=Nc3ccccc3Cl)c(-c3ccccc3)nc12. The fourth-order valence-electron chi connectivity index (χ4n) is 2.71. The molecule has 0 aliphatic heterocycles. The number of halogens is 1. The number of hydrogen-bond acceptors (Lipinski definition) is 3. The first-order valence-electron chi connectivity index (χ1n) is 7.93. The topological polar surface area (TPSA) is 42.0 Å². The van der Waals surface area contributed by atoms with Crippen molar-refractivity contribution in [3.05, 3.63) is 83.5 Å². The minimum absolute atomic E-state index is 0.567. The minimum atomic E-state index is 0.567. The van der Waals surface area contributed by atoms with Crippen LogP contribution in [0.4, 0.5) is 11.5 Å². The first-order valence-corrected chi connectivity index (χ1v) is 8.31. The quantitative estimate of drug-likeness (QED) is 0.397. The maximum absolute atomic E-state index is 6.19. The van der Waals surface area contributed by atoms with Crippen LogP contribution in [0, 0.1) is 6.92 Å². The Balaban J connectivity index is 1.92. The second kappa shape index (κ2) is 6.49. The Morgan fingerprint density at radius 2 is 1.64 bits per heavy atom. The van der Waals surface area contributed by atoms with E-state index >= 15 is 0 Å². The molecule has 0 aliphatic carbocycles. The van der Waals surface area contributed by atoms with Crippen molar-refractivity contribution in [2.75, 3.05) is 0 Å². The smallest absolute Gasteiger partial charge is 0.187 e. The summed E-state index contributed by atoms with van der Waals surface area (Å²) >= 11 is 6.19. The van der Waals surface area contributed by atoms with Gasteiger partial charge in [0.1, 0.15) is 17.0 Å². The molecule has 2 aromatic heterocycles. The van der Waals surface area contributed by atoms with E-state index in [-0.39, 0.29) is 0 Å². The highest BCUT2D eigenvalue weighted by molar-refractivity contribution is 6.32. The third kappa shape index (κ3) is 2.92. The third-order valence-electron chi connectivity index (χ3n) is 3.97. The van der Waals surface area contributed by atoms with Crippen LogP contribution < -0.4 is 0 Å². The number of aromatic nitrogens is 2. The van der Waals surface area contributed by atoms with Crippen molar-refractivity contribution in [3.8, 4) is 11.3 Å². The van der Waals surface area contributed by atoms with E-state index in [9.17, 15) is 0 Å². The number of hydrogen-bond donors (Lipinski definition) is 0. The standard InChI is InChI=1S/C20H15ClN4/c1-14-8-7-13-25-19(14)22-18(15-9-3-2-4-10-15)20(25)24-23-17-12-6-5-11-16(17)21/h2-13H,1H3. The van der Waals surface area contributed by atoms with Crippen molar-refractivity contribution in [3.63, 3.8) is 0 Å². The van der Waals surface area contributed by atoms with E-state index in [1.807, 2.05) is 78.2 Å². The van der Waals surface area contributed by atoms with Gasteiger partial charge in [-0.05, 0) is 30.7 Å². The summed E-state index contributed by atoms with van der Waals surface area (Å²) in [4.78, 5) is 4.79. The Labute approximate surface area is 150 Å². The van der Waals surface area contributed by atoms with Crippen molar-refractivity contribution in [2.24, 2.45) is 10.2 Å². The number of pyridine rings is 1. The van der Waals surface area contributed by atoms with E-state index in [4.69, 9.17) is 16.6 Å². The molecule has 0 aliphatic rings. The molecule has 0 unspecified atom stereocenters. The predicted molar refractivity (Wildman–Crippen MR) is 101 cm³/mol. The van der Waals surface area contributed by atoms with Crippen LogP contribution in [0.15, 0.2) is 83.2 Å². The number of nitrogens with zero attached hydrogens (tertiary/aromatic N) is 4. The summed E-state index contributed by atoms with van der Waals surface area (Å²) in [7, 11) is 0. The molecule has 2 aromatic carbocycles. The molecule has 25 heavy (non-hydrogen) atoms. The van der Waals surface area contributed by atoms with Gasteiger partial charge < -0.3 is 0 Å². The van der Waals surface area contributed by atoms with Crippen molar-refractivity contribution in [2.45, 2.75) is 6.92 Å². The number of fused-ring (bicyclic) bond motifs is 1. The fourth-order valence-corrected chi connectivity index (χ4v) is 2.88. The summed E-state index contributed by atoms with van der Waals surface area (Å²) in [5.74, 6) is 0.685. The predicted octanol–water partition coefficient (Wildman–Crippen LogP) is 6.38. The second-order valence-corrected chi connectivity index (χ2v) is 6.09. The van der Waals surface area contributed by atoms with E-state index < -0.39 is 0 Å². The molecular weight excluding hydrogens is 332 g/mol. The summed E-state index contributed by atoms with van der Waals surface area (Å²) in [6, 6.07) is 21.4. The molecule has 4 rings (SSSR count). The largest absolute Gasteiger partial charge is 0.282 e. The Hall–Kier alpha value is -2.98. The normalized spacial score (nSPS) is 11.4. The lowest BCUT2D eigenvalue weighted by Crippen LogP contribution is -1.85. The van der Waals surface area contributed by atoms with Gasteiger partial charge in [-0.2, -0.15) is 0 Å². The third-order valence-corrected chi connectivity index (χ3v) is 4.29. The highest BCUT2D eigenvalue weighted by Gasteiger charge is 2.15. The molecule has 4 nitrogen and oxygen atoms in total. The molecule has 5 heteroatoms. The van der Waals surface area contributed by atoms with Crippen LogP contribution in [0.3, 0.4) is 0 Å². The molecule has 122 valence electrons.